The van der Waals surface area contributed by atoms with Crippen LogP contribution in [0.5, 0.6) is 5.75 Å². The molecule has 11 nitrogen and oxygen atoms in total. The smallest absolute Gasteiger partial charge is 0.424 e. The van der Waals surface area contributed by atoms with E-state index in [0.717, 1.165) is 4.90 Å². The normalized spacial score (nSPS) is 15.3. The van der Waals surface area contributed by atoms with Gasteiger partial charge in [0.15, 0.2) is 0 Å². The highest BCUT2D eigenvalue weighted by Crippen LogP contribution is 2.36. The zero-order valence-corrected chi connectivity index (χ0v) is 17.8. The molecular formula is C22H18N4O7. The maximum absolute atomic E-state index is 13.2. The number of aliphatic imine (C=N–C) groups is 1. The van der Waals surface area contributed by atoms with Gasteiger partial charge in [-0.1, -0.05) is 12.1 Å². The van der Waals surface area contributed by atoms with Crippen molar-refractivity contribution in [2.45, 2.75) is 13.0 Å². The summed E-state index contributed by atoms with van der Waals surface area (Å²) in [6.07, 6.45) is -0.951. The number of nitrogens with zero attached hydrogens (tertiary/aromatic N) is 4. The second kappa shape index (κ2) is 9.61. The number of carbonyl (C=O) groups excluding carboxylic acids is 2. The molecule has 1 amide bonds. The zero-order valence-electron chi connectivity index (χ0n) is 17.8. The third kappa shape index (κ3) is 4.64. The number of non-ortho nitro benzene ring substituents is 1. The maximum Gasteiger partial charge on any atom is 0.424 e. The Labute approximate surface area is 188 Å². The Bertz CT molecular complexity index is 1190. The Morgan fingerprint density at radius 2 is 1.76 bits per heavy atom. The van der Waals surface area contributed by atoms with Crippen molar-refractivity contribution in [2.75, 3.05) is 14.2 Å². The number of carbonyl (C=O) groups is 2. The van der Waals surface area contributed by atoms with E-state index in [1.165, 1.54) is 50.6 Å². The first-order valence-corrected chi connectivity index (χ1v) is 9.48. The first-order valence-electron chi connectivity index (χ1n) is 9.48. The van der Waals surface area contributed by atoms with Gasteiger partial charge in [0, 0.05) is 12.1 Å². The lowest BCUT2D eigenvalue weighted by molar-refractivity contribution is -0.384. The highest BCUT2D eigenvalue weighted by molar-refractivity contribution is 5.99. The molecule has 168 valence electrons. The molecule has 0 saturated heterocycles. The van der Waals surface area contributed by atoms with Crippen LogP contribution in [0.25, 0.3) is 0 Å². The van der Waals surface area contributed by atoms with Gasteiger partial charge >= 0.3 is 18.1 Å². The van der Waals surface area contributed by atoms with Crippen molar-refractivity contribution >= 4 is 23.8 Å². The summed E-state index contributed by atoms with van der Waals surface area (Å²) in [5, 5.41) is 20.0. The lowest BCUT2D eigenvalue weighted by Gasteiger charge is -2.34. The van der Waals surface area contributed by atoms with Crippen LogP contribution in [0.4, 0.5) is 10.5 Å². The maximum atomic E-state index is 13.2. The minimum absolute atomic E-state index is 0.0329. The lowest BCUT2D eigenvalue weighted by atomic mass is 9.94. The first kappa shape index (κ1) is 23.0. The monoisotopic (exact) mass is 450 g/mol. The van der Waals surface area contributed by atoms with E-state index in [2.05, 4.69) is 4.99 Å². The van der Waals surface area contributed by atoms with E-state index in [4.69, 9.17) is 19.5 Å². The quantitative estimate of drug-likeness (QED) is 0.391. The Hall–Kier alpha value is -4.72. The van der Waals surface area contributed by atoms with Crippen molar-refractivity contribution in [3.8, 4) is 11.8 Å². The number of esters is 1. The second-order valence-corrected chi connectivity index (χ2v) is 6.71. The average Bonchev–Trinajstić information content (AvgIpc) is 2.83. The third-order valence-corrected chi connectivity index (χ3v) is 4.78. The van der Waals surface area contributed by atoms with Gasteiger partial charge in [-0.25, -0.2) is 19.5 Å². The predicted molar refractivity (Wildman–Crippen MR) is 114 cm³/mol. The molecule has 3 rings (SSSR count). The first-order chi connectivity index (χ1) is 15.8. The third-order valence-electron chi connectivity index (χ3n) is 4.78. The molecule has 1 aliphatic heterocycles. The topological polar surface area (TPSA) is 144 Å². The fraction of sp³-hybridized carbons (Fsp3) is 0.182. The van der Waals surface area contributed by atoms with E-state index in [1.54, 1.807) is 19.1 Å². The van der Waals surface area contributed by atoms with E-state index in [0.29, 0.717) is 11.1 Å². The molecule has 0 spiro atoms. The molecule has 1 heterocycles. The second-order valence-electron chi connectivity index (χ2n) is 6.71. The number of nitro benzene ring substituents is 1. The molecule has 0 saturated carbocycles. The molecule has 0 radical (unpaired) electrons. The molecule has 11 heteroatoms. The molecule has 0 aromatic heterocycles. The largest absolute Gasteiger partial charge is 0.468 e. The van der Waals surface area contributed by atoms with Gasteiger partial charge in [0.2, 0.25) is 0 Å². The number of hydrogen-bond donors (Lipinski definition) is 0. The van der Waals surface area contributed by atoms with Crippen LogP contribution in [0.3, 0.4) is 0 Å². The van der Waals surface area contributed by atoms with Gasteiger partial charge in [-0.3, -0.25) is 10.1 Å². The Balaban J connectivity index is 2.07. The Kier molecular flexibility index (Phi) is 6.68. The van der Waals surface area contributed by atoms with Crippen LogP contribution < -0.4 is 4.74 Å². The van der Waals surface area contributed by atoms with E-state index in [9.17, 15) is 19.7 Å². The number of ether oxygens (including phenoxy) is 3. The molecule has 0 aliphatic carbocycles. The molecule has 1 unspecified atom stereocenters. The molecular weight excluding hydrogens is 432 g/mol. The Morgan fingerprint density at radius 1 is 1.12 bits per heavy atom. The van der Waals surface area contributed by atoms with E-state index in [-0.39, 0.29) is 28.7 Å². The van der Waals surface area contributed by atoms with Gasteiger partial charge in [-0.05, 0) is 36.8 Å². The summed E-state index contributed by atoms with van der Waals surface area (Å²) in [6.45, 7) is 1.57. The molecule has 1 aliphatic rings. The van der Waals surface area contributed by atoms with Crippen LogP contribution in [-0.4, -0.2) is 42.1 Å². The van der Waals surface area contributed by atoms with Crippen LogP contribution in [0, 0.1) is 21.4 Å². The van der Waals surface area contributed by atoms with Crippen LogP contribution >= 0.6 is 0 Å². The number of benzene rings is 2. The molecule has 33 heavy (non-hydrogen) atoms. The number of amides is 1. The number of nitriles is 1. The molecule has 0 N–H and O–H groups in total. The van der Waals surface area contributed by atoms with Gasteiger partial charge in [-0.2, -0.15) is 5.26 Å². The average molecular weight is 450 g/mol. The summed E-state index contributed by atoms with van der Waals surface area (Å²) in [6, 6.07) is 12.0. The number of allylic oxidation sites excluding steroid dienone is 1. The highest BCUT2D eigenvalue weighted by atomic mass is 16.6. The van der Waals surface area contributed by atoms with Crippen molar-refractivity contribution in [1.29, 1.82) is 5.26 Å². The fourth-order valence-corrected chi connectivity index (χ4v) is 3.23. The lowest BCUT2D eigenvalue weighted by Crippen LogP contribution is -2.46. The number of nitro groups is 1. The van der Waals surface area contributed by atoms with Crippen molar-refractivity contribution < 1.29 is 28.7 Å². The van der Waals surface area contributed by atoms with Crippen molar-refractivity contribution in [3.63, 3.8) is 0 Å². The van der Waals surface area contributed by atoms with E-state index in [1.807, 2.05) is 6.07 Å². The van der Waals surface area contributed by atoms with Crippen molar-refractivity contribution in [3.05, 3.63) is 81.0 Å². The summed E-state index contributed by atoms with van der Waals surface area (Å²) >= 11 is 0. The summed E-state index contributed by atoms with van der Waals surface area (Å²) in [5.41, 5.74) is 1.03. The number of methoxy groups -OCH3 is 2. The van der Waals surface area contributed by atoms with Crippen molar-refractivity contribution in [1.82, 2.24) is 4.90 Å². The number of amidine groups is 1. The van der Waals surface area contributed by atoms with E-state index < -0.39 is 23.0 Å². The molecule has 1 atom stereocenters. The SMILES string of the molecule is COC(=O)C1=C(C)N=C(OC)N(C(=O)Oc2ccc([N+](=O)[O-])cc2)C1c1ccc(C#N)cc1. The van der Waals surface area contributed by atoms with Crippen molar-refractivity contribution in [2.24, 2.45) is 4.99 Å². The Morgan fingerprint density at radius 3 is 2.27 bits per heavy atom. The summed E-state index contributed by atoms with van der Waals surface area (Å²) in [4.78, 5) is 41.3. The van der Waals surface area contributed by atoms with Crippen LogP contribution in [0.15, 0.2) is 64.8 Å². The summed E-state index contributed by atoms with van der Waals surface area (Å²) in [7, 11) is 2.50. The molecule has 2 aromatic rings. The minimum atomic E-state index is -1.04. The molecule has 0 bridgehead atoms. The molecule has 2 aromatic carbocycles. The van der Waals surface area contributed by atoms with Gasteiger partial charge in [0.05, 0.1) is 42.0 Å². The van der Waals surface area contributed by atoms with Gasteiger partial charge in [0.1, 0.15) is 11.8 Å². The number of rotatable bonds is 4. The van der Waals surface area contributed by atoms with Crippen LogP contribution in [0.1, 0.15) is 24.1 Å². The zero-order chi connectivity index (χ0) is 24.1. The fourth-order valence-electron chi connectivity index (χ4n) is 3.23. The van der Waals surface area contributed by atoms with Crippen LogP contribution in [-0.2, 0) is 14.3 Å². The van der Waals surface area contributed by atoms with Gasteiger partial charge in [-0.15, -0.1) is 0 Å². The predicted octanol–water partition coefficient (Wildman–Crippen LogP) is 3.47. The molecule has 0 fully saturated rings. The highest BCUT2D eigenvalue weighted by Gasteiger charge is 2.42. The van der Waals surface area contributed by atoms with E-state index >= 15 is 0 Å². The standard InChI is InChI=1S/C22H18N4O7/c1-13-18(20(27)31-2)19(15-6-4-14(12-23)5-7-15)25(21(24-13)32-3)22(28)33-17-10-8-16(9-11-17)26(29)30/h4-11,19H,1-3H3. The van der Waals surface area contributed by atoms with Gasteiger partial charge < -0.3 is 14.2 Å². The number of hydrogen-bond acceptors (Lipinski definition) is 9. The van der Waals surface area contributed by atoms with Crippen LogP contribution in [0.2, 0.25) is 0 Å². The van der Waals surface area contributed by atoms with Gasteiger partial charge in [0.25, 0.3) is 5.69 Å². The summed E-state index contributed by atoms with van der Waals surface area (Å²) in [5.74, 6) is -0.681. The minimum Gasteiger partial charge on any atom is -0.468 e. The summed E-state index contributed by atoms with van der Waals surface area (Å²) < 4.78 is 15.6.